The van der Waals surface area contributed by atoms with E-state index in [0.717, 1.165) is 6.54 Å². The molecule has 0 aliphatic carbocycles. The lowest BCUT2D eigenvalue weighted by atomic mass is 10.1. The highest BCUT2D eigenvalue weighted by Crippen LogP contribution is 2.14. The van der Waals surface area contributed by atoms with E-state index < -0.39 is 0 Å². The number of rotatable bonds is 3. The van der Waals surface area contributed by atoms with Crippen LogP contribution in [0.3, 0.4) is 0 Å². The van der Waals surface area contributed by atoms with Gasteiger partial charge >= 0.3 is 0 Å². The molecule has 1 aromatic rings. The normalized spacial score (nSPS) is 24.3. The molecule has 1 N–H and O–H groups in total. The van der Waals surface area contributed by atoms with Gasteiger partial charge in [-0.2, -0.15) is 0 Å². The smallest absolute Gasteiger partial charge is 0.0315 e. The molecule has 0 amide bonds. The summed E-state index contributed by atoms with van der Waals surface area (Å²) in [7, 11) is 2.18. The molecule has 1 unspecified atom stereocenters. The van der Waals surface area contributed by atoms with Crippen LogP contribution in [0.1, 0.15) is 24.9 Å². The topological polar surface area (TPSA) is 28.2 Å². The lowest BCUT2D eigenvalue weighted by molar-refractivity contribution is 0.387. The van der Waals surface area contributed by atoms with Gasteiger partial charge in [0.05, 0.1) is 0 Å². The van der Waals surface area contributed by atoms with E-state index >= 15 is 0 Å². The maximum absolute atomic E-state index is 4.14. The molecule has 3 heteroatoms. The highest BCUT2D eigenvalue weighted by molar-refractivity contribution is 5.13. The molecule has 0 radical (unpaired) electrons. The molecule has 82 valence electrons. The molecule has 0 aromatic carbocycles. The van der Waals surface area contributed by atoms with Crippen LogP contribution in [-0.4, -0.2) is 36.1 Å². The van der Waals surface area contributed by atoms with Crippen molar-refractivity contribution in [3.8, 4) is 0 Å². The van der Waals surface area contributed by atoms with Crippen LogP contribution in [0.2, 0.25) is 0 Å². The molecule has 15 heavy (non-hydrogen) atoms. The fourth-order valence-corrected chi connectivity index (χ4v) is 2.15. The third kappa shape index (κ3) is 2.76. The Morgan fingerprint density at radius 2 is 2.47 bits per heavy atom. The summed E-state index contributed by atoms with van der Waals surface area (Å²) < 4.78 is 0. The highest BCUT2D eigenvalue weighted by atomic mass is 15.2. The molecule has 1 saturated heterocycles. The van der Waals surface area contributed by atoms with E-state index in [2.05, 4.69) is 35.2 Å². The average Bonchev–Trinajstić information content (AvgIpc) is 2.65. The maximum Gasteiger partial charge on any atom is 0.0315 e. The van der Waals surface area contributed by atoms with Crippen molar-refractivity contribution in [1.82, 2.24) is 15.2 Å². The van der Waals surface area contributed by atoms with Gasteiger partial charge in [-0.25, -0.2) is 0 Å². The summed E-state index contributed by atoms with van der Waals surface area (Å²) in [5.41, 5.74) is 1.27. The SMILES string of the molecule is C[C@H](NC1CCN(C)C1)c1cccnc1. The number of likely N-dealkylation sites (N-methyl/N-ethyl adjacent to an activating group) is 1. The average molecular weight is 205 g/mol. The fourth-order valence-electron chi connectivity index (χ4n) is 2.15. The Labute approximate surface area is 91.5 Å². The number of nitrogens with zero attached hydrogens (tertiary/aromatic N) is 2. The van der Waals surface area contributed by atoms with Gasteiger partial charge in [0.15, 0.2) is 0 Å². The molecular weight excluding hydrogens is 186 g/mol. The quantitative estimate of drug-likeness (QED) is 0.809. The molecule has 0 spiro atoms. The van der Waals surface area contributed by atoms with Gasteiger partial charge in [0.1, 0.15) is 0 Å². The second-order valence-electron chi connectivity index (χ2n) is 4.42. The molecule has 3 nitrogen and oxygen atoms in total. The van der Waals surface area contributed by atoms with Gasteiger partial charge in [-0.1, -0.05) is 6.07 Å². The molecular formula is C12H19N3. The minimum Gasteiger partial charge on any atom is -0.306 e. The molecule has 2 atom stereocenters. The van der Waals surface area contributed by atoms with E-state index in [4.69, 9.17) is 0 Å². The van der Waals surface area contributed by atoms with Crippen molar-refractivity contribution in [2.75, 3.05) is 20.1 Å². The first kappa shape index (κ1) is 10.6. The van der Waals surface area contributed by atoms with E-state index in [0.29, 0.717) is 12.1 Å². The molecule has 1 aliphatic heterocycles. The molecule has 2 heterocycles. The zero-order valence-electron chi connectivity index (χ0n) is 9.48. The molecule has 2 rings (SSSR count). The van der Waals surface area contributed by atoms with Crippen molar-refractivity contribution in [2.45, 2.75) is 25.4 Å². The molecule has 1 aliphatic rings. The third-order valence-electron chi connectivity index (χ3n) is 3.06. The number of hydrogen-bond acceptors (Lipinski definition) is 3. The predicted molar refractivity (Wildman–Crippen MR) is 61.7 cm³/mol. The Kier molecular flexibility index (Phi) is 3.34. The van der Waals surface area contributed by atoms with Gasteiger partial charge in [0.25, 0.3) is 0 Å². The van der Waals surface area contributed by atoms with Crippen molar-refractivity contribution >= 4 is 0 Å². The van der Waals surface area contributed by atoms with Crippen LogP contribution in [0.15, 0.2) is 24.5 Å². The summed E-state index contributed by atoms with van der Waals surface area (Å²) in [5.74, 6) is 0. The van der Waals surface area contributed by atoms with Crippen molar-refractivity contribution < 1.29 is 0 Å². The van der Waals surface area contributed by atoms with Crippen LogP contribution in [0.25, 0.3) is 0 Å². The maximum atomic E-state index is 4.14. The van der Waals surface area contributed by atoms with Crippen molar-refractivity contribution in [2.24, 2.45) is 0 Å². The number of likely N-dealkylation sites (tertiary alicyclic amines) is 1. The van der Waals surface area contributed by atoms with Gasteiger partial charge in [0, 0.05) is 31.0 Å². The second kappa shape index (κ2) is 4.73. The van der Waals surface area contributed by atoms with Crippen LogP contribution in [0.4, 0.5) is 0 Å². The first-order chi connectivity index (χ1) is 7.25. The number of hydrogen-bond donors (Lipinski definition) is 1. The Morgan fingerprint density at radius 1 is 1.60 bits per heavy atom. The van der Waals surface area contributed by atoms with Crippen molar-refractivity contribution in [3.05, 3.63) is 30.1 Å². The first-order valence-electron chi connectivity index (χ1n) is 5.60. The molecule has 0 bridgehead atoms. The predicted octanol–water partition coefficient (Wildman–Crippen LogP) is 1.44. The van der Waals surface area contributed by atoms with E-state index in [1.165, 1.54) is 18.5 Å². The van der Waals surface area contributed by atoms with Crippen LogP contribution >= 0.6 is 0 Å². The summed E-state index contributed by atoms with van der Waals surface area (Å²) in [6.45, 7) is 4.57. The Morgan fingerprint density at radius 3 is 3.07 bits per heavy atom. The summed E-state index contributed by atoms with van der Waals surface area (Å²) in [4.78, 5) is 6.51. The number of aromatic nitrogens is 1. The van der Waals surface area contributed by atoms with Crippen LogP contribution in [0.5, 0.6) is 0 Å². The van der Waals surface area contributed by atoms with Crippen molar-refractivity contribution in [3.63, 3.8) is 0 Å². The van der Waals surface area contributed by atoms with Gasteiger partial charge in [-0.15, -0.1) is 0 Å². The molecule has 1 aromatic heterocycles. The number of pyridine rings is 1. The summed E-state index contributed by atoms with van der Waals surface area (Å²) in [6.07, 6.45) is 5.01. The lowest BCUT2D eigenvalue weighted by Gasteiger charge is -2.19. The largest absolute Gasteiger partial charge is 0.306 e. The molecule has 0 saturated carbocycles. The van der Waals surface area contributed by atoms with Crippen LogP contribution in [0, 0.1) is 0 Å². The number of nitrogens with one attached hydrogen (secondary N) is 1. The summed E-state index contributed by atoms with van der Waals surface area (Å²) >= 11 is 0. The van der Waals surface area contributed by atoms with E-state index in [1.54, 1.807) is 0 Å². The van der Waals surface area contributed by atoms with Gasteiger partial charge in [-0.05, 0) is 38.6 Å². The Balaban J connectivity index is 1.90. The fraction of sp³-hybridized carbons (Fsp3) is 0.583. The second-order valence-corrected chi connectivity index (χ2v) is 4.42. The van der Waals surface area contributed by atoms with Crippen LogP contribution in [-0.2, 0) is 0 Å². The first-order valence-corrected chi connectivity index (χ1v) is 5.60. The monoisotopic (exact) mass is 205 g/mol. The van der Waals surface area contributed by atoms with E-state index in [-0.39, 0.29) is 0 Å². The standard InChI is InChI=1S/C12H19N3/c1-10(11-4-3-6-13-8-11)14-12-5-7-15(2)9-12/h3-4,6,8,10,12,14H,5,7,9H2,1-2H3/t10-,12?/m0/s1. The van der Waals surface area contributed by atoms with Gasteiger partial charge in [-0.3, -0.25) is 4.98 Å². The summed E-state index contributed by atoms with van der Waals surface area (Å²) in [5, 5.41) is 3.64. The Hall–Kier alpha value is -0.930. The lowest BCUT2D eigenvalue weighted by Crippen LogP contribution is -2.33. The van der Waals surface area contributed by atoms with Gasteiger partial charge < -0.3 is 10.2 Å². The molecule has 1 fully saturated rings. The highest BCUT2D eigenvalue weighted by Gasteiger charge is 2.20. The minimum absolute atomic E-state index is 0.398. The van der Waals surface area contributed by atoms with Gasteiger partial charge in [0.2, 0.25) is 0 Å². The summed E-state index contributed by atoms with van der Waals surface area (Å²) in [6, 6.07) is 5.15. The van der Waals surface area contributed by atoms with Crippen molar-refractivity contribution in [1.29, 1.82) is 0 Å². The van der Waals surface area contributed by atoms with E-state index in [9.17, 15) is 0 Å². The zero-order valence-corrected chi connectivity index (χ0v) is 9.48. The van der Waals surface area contributed by atoms with E-state index in [1.807, 2.05) is 18.5 Å². The minimum atomic E-state index is 0.398. The van der Waals surface area contributed by atoms with Crippen LogP contribution < -0.4 is 5.32 Å². The third-order valence-corrected chi connectivity index (χ3v) is 3.06. The zero-order chi connectivity index (χ0) is 10.7. The Bertz CT molecular complexity index is 299.